The molecule has 1 heterocycles. The Morgan fingerprint density at radius 2 is 2.16 bits per heavy atom. The summed E-state index contributed by atoms with van der Waals surface area (Å²) in [5.41, 5.74) is 0.991. The molecule has 1 aromatic rings. The van der Waals surface area contributed by atoms with Crippen LogP contribution >= 0.6 is 11.6 Å². The molecule has 0 spiro atoms. The molecule has 0 aliphatic carbocycles. The molecule has 0 bridgehead atoms. The Kier molecular flexibility index (Phi) is 6.58. The number of aromatic nitrogens is 2. The van der Waals surface area contributed by atoms with Crippen molar-refractivity contribution in [1.29, 1.82) is 5.26 Å². The van der Waals surface area contributed by atoms with Crippen LogP contribution in [-0.2, 0) is 6.42 Å². The molecule has 1 aromatic heterocycles. The van der Waals surface area contributed by atoms with Gasteiger partial charge in [-0.2, -0.15) is 5.26 Å². The topological polar surface area (TPSA) is 52.8 Å². The third-order valence-electron chi connectivity index (χ3n) is 2.75. The highest BCUT2D eigenvalue weighted by Crippen LogP contribution is 2.25. The molecule has 4 nitrogen and oxygen atoms in total. The highest BCUT2D eigenvalue weighted by Gasteiger charge is 2.16. The Morgan fingerprint density at radius 1 is 1.42 bits per heavy atom. The second-order valence-electron chi connectivity index (χ2n) is 4.96. The van der Waals surface area contributed by atoms with Gasteiger partial charge in [0.2, 0.25) is 0 Å². The van der Waals surface area contributed by atoms with E-state index in [1.807, 2.05) is 0 Å². The fraction of sp³-hybridized carbons (Fsp3) is 0.643. The van der Waals surface area contributed by atoms with Gasteiger partial charge in [-0.15, -0.1) is 0 Å². The van der Waals surface area contributed by atoms with Gasteiger partial charge in [-0.1, -0.05) is 38.8 Å². The van der Waals surface area contributed by atoms with Crippen molar-refractivity contribution in [3.63, 3.8) is 0 Å². The van der Waals surface area contributed by atoms with Crippen molar-refractivity contribution in [2.45, 2.75) is 40.0 Å². The molecule has 0 atom stereocenters. The van der Waals surface area contributed by atoms with Gasteiger partial charge in [0, 0.05) is 18.7 Å². The molecule has 0 N–H and O–H groups in total. The number of rotatable bonds is 7. The zero-order chi connectivity index (χ0) is 14.3. The van der Waals surface area contributed by atoms with Gasteiger partial charge in [0.05, 0.1) is 12.5 Å². The van der Waals surface area contributed by atoms with Crippen LogP contribution in [-0.4, -0.2) is 23.1 Å². The number of hydrogen-bond acceptors (Lipinski definition) is 4. The number of hydrogen-bond donors (Lipinski definition) is 0. The summed E-state index contributed by atoms with van der Waals surface area (Å²) in [5.74, 6) is 1.38. The van der Waals surface area contributed by atoms with Gasteiger partial charge in [0.25, 0.3) is 0 Å². The lowest BCUT2D eigenvalue weighted by atomic mass is 10.1. The van der Waals surface area contributed by atoms with E-state index >= 15 is 0 Å². The lowest BCUT2D eigenvalue weighted by Crippen LogP contribution is -2.30. The molecular weight excluding hydrogens is 260 g/mol. The average molecular weight is 281 g/mol. The summed E-state index contributed by atoms with van der Waals surface area (Å²) in [7, 11) is 0. The first-order chi connectivity index (χ1) is 9.10. The van der Waals surface area contributed by atoms with Crippen LogP contribution in [0.2, 0.25) is 5.15 Å². The highest BCUT2D eigenvalue weighted by molar-refractivity contribution is 6.30. The number of nitriles is 1. The summed E-state index contributed by atoms with van der Waals surface area (Å²) in [6.45, 7) is 7.96. The van der Waals surface area contributed by atoms with Crippen molar-refractivity contribution < 1.29 is 0 Å². The minimum atomic E-state index is 0.486. The predicted octanol–water partition coefficient (Wildman–Crippen LogP) is 3.46. The first kappa shape index (κ1) is 15.7. The Labute approximate surface area is 120 Å². The molecule has 0 amide bonds. The molecule has 0 aliphatic rings. The lowest BCUT2D eigenvalue weighted by molar-refractivity contribution is 0.604. The molecule has 0 saturated carbocycles. The van der Waals surface area contributed by atoms with Crippen LogP contribution in [0.25, 0.3) is 0 Å². The van der Waals surface area contributed by atoms with E-state index in [9.17, 15) is 0 Å². The summed E-state index contributed by atoms with van der Waals surface area (Å²) in [4.78, 5) is 10.6. The van der Waals surface area contributed by atoms with Crippen molar-refractivity contribution in [3.8, 4) is 6.07 Å². The summed E-state index contributed by atoms with van der Waals surface area (Å²) in [6, 6.07) is 2.19. The number of anilines is 1. The quantitative estimate of drug-likeness (QED) is 0.718. The van der Waals surface area contributed by atoms with Gasteiger partial charge < -0.3 is 4.90 Å². The minimum absolute atomic E-state index is 0.486. The third-order valence-corrected chi connectivity index (χ3v) is 3.07. The van der Waals surface area contributed by atoms with Crippen molar-refractivity contribution in [1.82, 2.24) is 9.97 Å². The van der Waals surface area contributed by atoms with E-state index in [1.165, 1.54) is 6.33 Å². The van der Waals surface area contributed by atoms with Gasteiger partial charge in [-0.25, -0.2) is 9.97 Å². The van der Waals surface area contributed by atoms with E-state index in [-0.39, 0.29) is 0 Å². The molecule has 0 fully saturated rings. The van der Waals surface area contributed by atoms with Crippen molar-refractivity contribution in [3.05, 3.63) is 17.0 Å². The largest absolute Gasteiger partial charge is 0.355 e. The standard InChI is InChI=1S/C14H21ClN4/c1-4-6-12-13(15)17-10-18-14(12)19(8-5-7-16)9-11(2)3/h10-11H,4-6,8-9H2,1-3H3. The Hall–Kier alpha value is -1.34. The first-order valence-electron chi connectivity index (χ1n) is 6.71. The van der Waals surface area contributed by atoms with Crippen molar-refractivity contribution >= 4 is 17.4 Å². The average Bonchev–Trinajstić information content (AvgIpc) is 2.37. The van der Waals surface area contributed by atoms with Crippen LogP contribution < -0.4 is 4.90 Å². The second kappa shape index (κ2) is 7.96. The normalized spacial score (nSPS) is 10.5. The maximum Gasteiger partial charge on any atom is 0.137 e. The molecule has 0 radical (unpaired) electrons. The number of nitrogens with zero attached hydrogens (tertiary/aromatic N) is 4. The van der Waals surface area contributed by atoms with Gasteiger partial charge in [-0.05, 0) is 12.3 Å². The molecule has 0 unspecified atom stereocenters. The third kappa shape index (κ3) is 4.68. The summed E-state index contributed by atoms with van der Waals surface area (Å²) in [5, 5.41) is 9.31. The fourth-order valence-corrected chi connectivity index (χ4v) is 2.25. The van der Waals surface area contributed by atoms with Crippen molar-refractivity contribution in [2.24, 2.45) is 5.92 Å². The molecule has 0 aromatic carbocycles. The Balaban J connectivity index is 3.06. The molecule has 0 aliphatic heterocycles. The Morgan fingerprint density at radius 3 is 2.74 bits per heavy atom. The SMILES string of the molecule is CCCc1c(Cl)ncnc1N(CCC#N)CC(C)C. The van der Waals surface area contributed by atoms with Crippen LogP contribution in [0.3, 0.4) is 0 Å². The predicted molar refractivity (Wildman–Crippen MR) is 78.3 cm³/mol. The van der Waals surface area contributed by atoms with Crippen LogP contribution in [0.1, 0.15) is 39.2 Å². The van der Waals surface area contributed by atoms with Crippen LogP contribution in [0.4, 0.5) is 5.82 Å². The molecular formula is C14H21ClN4. The molecule has 19 heavy (non-hydrogen) atoms. The van der Waals surface area contributed by atoms with E-state index in [4.69, 9.17) is 16.9 Å². The van der Waals surface area contributed by atoms with Crippen LogP contribution in [0.15, 0.2) is 6.33 Å². The van der Waals surface area contributed by atoms with Gasteiger partial charge in [0.1, 0.15) is 17.3 Å². The summed E-state index contributed by atoms with van der Waals surface area (Å²) in [6.07, 6.45) is 3.83. The smallest absolute Gasteiger partial charge is 0.137 e. The fourth-order valence-electron chi connectivity index (χ4n) is 2.03. The van der Waals surface area contributed by atoms with Gasteiger partial charge in [0.15, 0.2) is 0 Å². The monoisotopic (exact) mass is 280 g/mol. The first-order valence-corrected chi connectivity index (χ1v) is 7.09. The zero-order valence-electron chi connectivity index (χ0n) is 11.9. The maximum atomic E-state index is 8.79. The maximum absolute atomic E-state index is 8.79. The zero-order valence-corrected chi connectivity index (χ0v) is 12.6. The van der Waals surface area contributed by atoms with Gasteiger partial charge >= 0.3 is 0 Å². The molecule has 1 rings (SSSR count). The minimum Gasteiger partial charge on any atom is -0.355 e. The van der Waals surface area contributed by atoms with E-state index in [1.54, 1.807) is 0 Å². The number of halogens is 1. The summed E-state index contributed by atoms with van der Waals surface area (Å²) < 4.78 is 0. The molecule has 5 heteroatoms. The Bertz CT molecular complexity index is 440. The van der Waals surface area contributed by atoms with Crippen LogP contribution in [0, 0.1) is 17.2 Å². The van der Waals surface area contributed by atoms with E-state index in [2.05, 4.69) is 41.7 Å². The van der Waals surface area contributed by atoms with Crippen LogP contribution in [0.5, 0.6) is 0 Å². The second-order valence-corrected chi connectivity index (χ2v) is 5.32. The highest BCUT2D eigenvalue weighted by atomic mass is 35.5. The lowest BCUT2D eigenvalue weighted by Gasteiger charge is -2.26. The van der Waals surface area contributed by atoms with E-state index in [0.29, 0.717) is 24.0 Å². The molecule has 0 saturated heterocycles. The van der Waals surface area contributed by atoms with E-state index < -0.39 is 0 Å². The van der Waals surface area contributed by atoms with Crippen molar-refractivity contribution in [2.75, 3.05) is 18.0 Å². The summed E-state index contributed by atoms with van der Waals surface area (Å²) >= 11 is 6.18. The van der Waals surface area contributed by atoms with Gasteiger partial charge in [-0.3, -0.25) is 0 Å². The molecule has 104 valence electrons. The van der Waals surface area contributed by atoms with E-state index in [0.717, 1.165) is 30.8 Å².